The van der Waals surface area contributed by atoms with Crippen LogP contribution in [0.2, 0.25) is 0 Å². The van der Waals surface area contributed by atoms with Gasteiger partial charge in [-0.15, -0.1) is 13.2 Å². The molecule has 0 aliphatic rings. The molecule has 0 saturated carbocycles. The standard InChI is InChI=1S/C13H10F3NO2/c14-13(15,16)19-12-5-3-10(4-6-12)8-17-7-1-2-11(17)9-18/h1-7,9H,8H2. The predicted molar refractivity (Wildman–Crippen MR) is 62.0 cm³/mol. The van der Waals surface area contributed by atoms with Gasteiger partial charge in [0.1, 0.15) is 5.75 Å². The highest BCUT2D eigenvalue weighted by Crippen LogP contribution is 2.23. The Labute approximate surface area is 107 Å². The zero-order valence-corrected chi connectivity index (χ0v) is 9.72. The Hall–Kier alpha value is -2.24. The van der Waals surface area contributed by atoms with Crippen LogP contribution in [0.4, 0.5) is 13.2 Å². The molecule has 6 heteroatoms. The van der Waals surface area contributed by atoms with Gasteiger partial charge in [0.25, 0.3) is 0 Å². The van der Waals surface area contributed by atoms with Crippen molar-refractivity contribution >= 4 is 6.29 Å². The van der Waals surface area contributed by atoms with Gasteiger partial charge < -0.3 is 9.30 Å². The fraction of sp³-hybridized carbons (Fsp3) is 0.154. The second-order valence-corrected chi connectivity index (χ2v) is 3.87. The van der Waals surface area contributed by atoms with Gasteiger partial charge in [-0.3, -0.25) is 4.79 Å². The Kier molecular flexibility index (Phi) is 3.59. The molecule has 0 spiro atoms. The van der Waals surface area contributed by atoms with E-state index in [1.165, 1.54) is 24.3 Å². The normalized spacial score (nSPS) is 11.3. The maximum Gasteiger partial charge on any atom is 0.573 e. The molecule has 0 bridgehead atoms. The number of aldehydes is 1. The summed E-state index contributed by atoms with van der Waals surface area (Å²) in [6, 6.07) is 8.92. The van der Waals surface area contributed by atoms with Gasteiger partial charge in [-0.1, -0.05) is 12.1 Å². The summed E-state index contributed by atoms with van der Waals surface area (Å²) in [5.74, 6) is -0.264. The summed E-state index contributed by atoms with van der Waals surface area (Å²) in [4.78, 5) is 10.7. The first kappa shape index (κ1) is 13.2. The molecule has 0 fully saturated rings. The van der Waals surface area contributed by atoms with E-state index in [0.717, 1.165) is 11.8 Å². The van der Waals surface area contributed by atoms with Crippen LogP contribution in [-0.4, -0.2) is 17.2 Å². The average Bonchev–Trinajstić information content (AvgIpc) is 2.77. The number of ether oxygens (including phenoxy) is 1. The molecular formula is C13H10F3NO2. The summed E-state index contributed by atoms with van der Waals surface area (Å²) >= 11 is 0. The van der Waals surface area contributed by atoms with Crippen molar-refractivity contribution in [1.29, 1.82) is 0 Å². The third-order valence-electron chi connectivity index (χ3n) is 2.50. The van der Waals surface area contributed by atoms with Crippen molar-refractivity contribution in [1.82, 2.24) is 4.57 Å². The van der Waals surface area contributed by atoms with Crippen LogP contribution in [0.15, 0.2) is 42.6 Å². The van der Waals surface area contributed by atoms with E-state index in [-0.39, 0.29) is 5.75 Å². The fourth-order valence-electron chi connectivity index (χ4n) is 1.67. The number of hydrogen-bond acceptors (Lipinski definition) is 2. The molecular weight excluding hydrogens is 259 g/mol. The quantitative estimate of drug-likeness (QED) is 0.798. The monoisotopic (exact) mass is 269 g/mol. The zero-order chi connectivity index (χ0) is 13.9. The van der Waals surface area contributed by atoms with Gasteiger partial charge in [0.2, 0.25) is 0 Å². The third kappa shape index (κ3) is 3.61. The van der Waals surface area contributed by atoms with Crippen LogP contribution in [0, 0.1) is 0 Å². The van der Waals surface area contributed by atoms with E-state index >= 15 is 0 Å². The maximum atomic E-state index is 12.0. The lowest BCUT2D eigenvalue weighted by molar-refractivity contribution is -0.274. The van der Waals surface area contributed by atoms with E-state index < -0.39 is 6.36 Å². The van der Waals surface area contributed by atoms with E-state index in [9.17, 15) is 18.0 Å². The Morgan fingerprint density at radius 2 is 1.84 bits per heavy atom. The lowest BCUT2D eigenvalue weighted by atomic mass is 10.2. The van der Waals surface area contributed by atoms with Crippen molar-refractivity contribution in [3.8, 4) is 5.75 Å². The van der Waals surface area contributed by atoms with Crippen LogP contribution in [-0.2, 0) is 6.54 Å². The van der Waals surface area contributed by atoms with Gasteiger partial charge in [0, 0.05) is 12.7 Å². The Bertz CT molecular complexity index is 558. The van der Waals surface area contributed by atoms with Gasteiger partial charge in [0.15, 0.2) is 6.29 Å². The molecule has 0 saturated heterocycles. The molecule has 2 aromatic rings. The minimum absolute atomic E-state index is 0.264. The average molecular weight is 269 g/mol. The summed E-state index contributed by atoms with van der Waals surface area (Å²) in [5, 5.41) is 0. The largest absolute Gasteiger partial charge is 0.573 e. The molecule has 1 aromatic heterocycles. The molecule has 0 radical (unpaired) electrons. The molecule has 0 unspecified atom stereocenters. The highest BCUT2D eigenvalue weighted by molar-refractivity contribution is 5.72. The maximum absolute atomic E-state index is 12.0. The number of benzene rings is 1. The van der Waals surface area contributed by atoms with Crippen LogP contribution in [0.25, 0.3) is 0 Å². The van der Waals surface area contributed by atoms with Crippen molar-refractivity contribution in [2.24, 2.45) is 0 Å². The minimum atomic E-state index is -4.69. The van der Waals surface area contributed by atoms with E-state index in [0.29, 0.717) is 12.2 Å². The van der Waals surface area contributed by atoms with Crippen LogP contribution in [0.1, 0.15) is 16.1 Å². The fourth-order valence-corrected chi connectivity index (χ4v) is 1.67. The Morgan fingerprint density at radius 1 is 1.16 bits per heavy atom. The minimum Gasteiger partial charge on any atom is -0.406 e. The van der Waals surface area contributed by atoms with E-state index in [2.05, 4.69) is 4.74 Å². The molecule has 100 valence electrons. The SMILES string of the molecule is O=Cc1cccn1Cc1ccc(OC(F)(F)F)cc1. The van der Waals surface area contributed by atoms with Crippen LogP contribution in [0.3, 0.4) is 0 Å². The molecule has 2 rings (SSSR count). The summed E-state index contributed by atoms with van der Waals surface area (Å²) in [6.45, 7) is 0.410. The third-order valence-corrected chi connectivity index (χ3v) is 2.50. The summed E-state index contributed by atoms with van der Waals surface area (Å²) < 4.78 is 41.4. The predicted octanol–water partition coefficient (Wildman–Crippen LogP) is 3.25. The number of nitrogens with zero attached hydrogens (tertiary/aromatic N) is 1. The molecule has 0 amide bonds. The number of rotatable bonds is 4. The van der Waals surface area contributed by atoms with Gasteiger partial charge in [-0.2, -0.15) is 0 Å². The molecule has 1 aromatic carbocycles. The highest BCUT2D eigenvalue weighted by atomic mass is 19.4. The molecule has 0 N–H and O–H groups in total. The molecule has 0 aliphatic heterocycles. The van der Waals surface area contributed by atoms with Gasteiger partial charge in [-0.25, -0.2) is 0 Å². The second kappa shape index (κ2) is 5.17. The van der Waals surface area contributed by atoms with Crippen LogP contribution < -0.4 is 4.74 Å². The number of halogens is 3. The van der Waals surface area contributed by atoms with E-state index in [1.54, 1.807) is 22.9 Å². The molecule has 3 nitrogen and oxygen atoms in total. The van der Waals surface area contributed by atoms with Crippen molar-refractivity contribution in [3.63, 3.8) is 0 Å². The summed E-state index contributed by atoms with van der Waals surface area (Å²) in [7, 11) is 0. The number of aromatic nitrogens is 1. The lowest BCUT2D eigenvalue weighted by Crippen LogP contribution is -2.17. The first-order chi connectivity index (χ1) is 8.98. The smallest absolute Gasteiger partial charge is 0.406 e. The van der Waals surface area contributed by atoms with Gasteiger partial charge in [-0.05, 0) is 29.8 Å². The molecule has 1 heterocycles. The van der Waals surface area contributed by atoms with Crippen molar-refractivity contribution < 1.29 is 22.7 Å². The molecule has 0 atom stereocenters. The van der Waals surface area contributed by atoms with Gasteiger partial charge in [0.05, 0.1) is 5.69 Å². The topological polar surface area (TPSA) is 31.2 Å². The van der Waals surface area contributed by atoms with Crippen LogP contribution in [0.5, 0.6) is 5.75 Å². The highest BCUT2D eigenvalue weighted by Gasteiger charge is 2.30. The zero-order valence-electron chi connectivity index (χ0n) is 9.72. The first-order valence-electron chi connectivity index (χ1n) is 5.43. The van der Waals surface area contributed by atoms with Gasteiger partial charge >= 0.3 is 6.36 Å². The molecule has 0 aliphatic carbocycles. The number of hydrogen-bond donors (Lipinski definition) is 0. The Morgan fingerprint density at radius 3 is 2.42 bits per heavy atom. The van der Waals surface area contributed by atoms with Crippen molar-refractivity contribution in [2.45, 2.75) is 12.9 Å². The summed E-state index contributed by atoms with van der Waals surface area (Å²) in [5.41, 5.74) is 1.28. The second-order valence-electron chi connectivity index (χ2n) is 3.87. The van der Waals surface area contributed by atoms with Crippen molar-refractivity contribution in [2.75, 3.05) is 0 Å². The van der Waals surface area contributed by atoms with Crippen LogP contribution >= 0.6 is 0 Å². The van der Waals surface area contributed by atoms with E-state index in [1.807, 2.05) is 0 Å². The Balaban J connectivity index is 2.09. The first-order valence-corrected chi connectivity index (χ1v) is 5.43. The number of carbonyl (C=O) groups is 1. The van der Waals surface area contributed by atoms with Crippen molar-refractivity contribution in [3.05, 3.63) is 53.9 Å². The summed E-state index contributed by atoms with van der Waals surface area (Å²) in [6.07, 6.45) is -2.24. The molecule has 19 heavy (non-hydrogen) atoms. The lowest BCUT2D eigenvalue weighted by Gasteiger charge is -2.10. The number of carbonyl (C=O) groups excluding carboxylic acids is 1. The number of alkyl halides is 3. The van der Waals surface area contributed by atoms with E-state index in [4.69, 9.17) is 0 Å².